The second-order valence-corrected chi connectivity index (χ2v) is 1.75. The molecule has 0 unspecified atom stereocenters. The lowest BCUT2D eigenvalue weighted by atomic mass is 10.9. The highest BCUT2D eigenvalue weighted by Crippen LogP contribution is 1.74. The first-order valence-electron chi connectivity index (χ1n) is 2.50. The Morgan fingerprint density at radius 2 is 1.62 bits per heavy atom. The predicted octanol–water partition coefficient (Wildman–Crippen LogP) is 0.743. The number of aliphatic hydroxyl groups excluding tert-OH is 1. The lowest BCUT2D eigenvalue weighted by Gasteiger charge is -1.97. The highest BCUT2D eigenvalue weighted by molar-refractivity contribution is 6.17. The highest BCUT2D eigenvalue weighted by Gasteiger charge is 1.74. The fourth-order valence-electron chi connectivity index (χ4n) is 0. The maximum absolute atomic E-state index is 7.57. The molecule has 0 aromatic carbocycles. The lowest BCUT2D eigenvalue weighted by molar-refractivity contribution is 0.318. The molecule has 0 atom stereocenters. The summed E-state index contributed by atoms with van der Waals surface area (Å²) in [5.74, 6) is 0. The molecule has 3 heteroatoms. The largest absolute Gasteiger partial charge is 0.397 e. The molecule has 0 rings (SSSR count). The van der Waals surface area contributed by atoms with Crippen molar-refractivity contribution in [3.05, 3.63) is 0 Å². The molecule has 0 fully saturated rings. The molecule has 0 spiro atoms. The summed E-state index contributed by atoms with van der Waals surface area (Å²) < 4.78 is 0. The van der Waals surface area contributed by atoms with Crippen molar-refractivity contribution in [2.24, 2.45) is 0 Å². The standard InChI is InChI=1S/C3H8ClN.C2H6O/c1-5(2)3-4;1-2-3/h3H2,1-2H3;3H,2H2,1H3. The van der Waals surface area contributed by atoms with E-state index >= 15 is 0 Å². The molecular weight excluding hydrogens is 126 g/mol. The fourth-order valence-corrected chi connectivity index (χ4v) is 0. The summed E-state index contributed by atoms with van der Waals surface area (Å²) >= 11 is 5.26. The van der Waals surface area contributed by atoms with E-state index in [9.17, 15) is 0 Å². The lowest BCUT2D eigenvalue weighted by Crippen LogP contribution is -2.06. The van der Waals surface area contributed by atoms with E-state index in [2.05, 4.69) is 0 Å². The third-order valence-corrected chi connectivity index (χ3v) is 0.717. The van der Waals surface area contributed by atoms with E-state index in [-0.39, 0.29) is 6.61 Å². The third kappa shape index (κ3) is 34.5. The van der Waals surface area contributed by atoms with Gasteiger partial charge >= 0.3 is 0 Å². The van der Waals surface area contributed by atoms with Gasteiger partial charge in [-0.15, -0.1) is 11.6 Å². The molecule has 8 heavy (non-hydrogen) atoms. The van der Waals surface area contributed by atoms with Crippen LogP contribution >= 0.6 is 11.6 Å². The monoisotopic (exact) mass is 139 g/mol. The predicted molar refractivity (Wildman–Crippen MR) is 37.2 cm³/mol. The van der Waals surface area contributed by atoms with Crippen LogP contribution in [0.4, 0.5) is 0 Å². The Balaban J connectivity index is 0. The summed E-state index contributed by atoms with van der Waals surface area (Å²) in [5.41, 5.74) is 0. The van der Waals surface area contributed by atoms with E-state index < -0.39 is 0 Å². The van der Waals surface area contributed by atoms with Crippen LogP contribution in [0.15, 0.2) is 0 Å². The minimum absolute atomic E-state index is 0.250. The molecular formula is C5H14ClNO. The number of nitrogens with zero attached hydrogens (tertiary/aromatic N) is 1. The summed E-state index contributed by atoms with van der Waals surface area (Å²) in [4.78, 5) is 1.89. The zero-order valence-corrected chi connectivity index (χ0v) is 6.44. The molecule has 0 amide bonds. The summed E-state index contributed by atoms with van der Waals surface area (Å²) in [6.45, 7) is 1.93. The molecule has 52 valence electrons. The normalized spacial score (nSPS) is 8.25. The van der Waals surface area contributed by atoms with Gasteiger partial charge in [-0.25, -0.2) is 0 Å². The van der Waals surface area contributed by atoms with Crippen molar-refractivity contribution in [1.82, 2.24) is 4.90 Å². The first kappa shape index (κ1) is 11.1. The summed E-state index contributed by atoms with van der Waals surface area (Å²) in [6.07, 6.45) is 0. The van der Waals surface area contributed by atoms with Crippen molar-refractivity contribution in [3.8, 4) is 0 Å². The molecule has 0 aromatic rings. The molecule has 1 N–H and O–H groups in total. The number of rotatable bonds is 1. The number of halogens is 1. The van der Waals surface area contributed by atoms with E-state index in [1.165, 1.54) is 0 Å². The van der Waals surface area contributed by atoms with Crippen molar-refractivity contribution in [3.63, 3.8) is 0 Å². The Morgan fingerprint density at radius 1 is 1.50 bits per heavy atom. The smallest absolute Gasteiger partial charge is 0.0733 e. The van der Waals surface area contributed by atoms with Crippen molar-refractivity contribution in [2.75, 3.05) is 26.7 Å². The highest BCUT2D eigenvalue weighted by atomic mass is 35.5. The minimum Gasteiger partial charge on any atom is -0.397 e. The van der Waals surface area contributed by atoms with Gasteiger partial charge in [-0.1, -0.05) is 0 Å². The van der Waals surface area contributed by atoms with Crippen LogP contribution < -0.4 is 0 Å². The van der Waals surface area contributed by atoms with E-state index in [1.807, 2.05) is 19.0 Å². The summed E-state index contributed by atoms with van der Waals surface area (Å²) in [5, 5.41) is 7.57. The SMILES string of the molecule is CCO.CN(C)CCl. The Hall–Kier alpha value is 0.210. The average Bonchev–Trinajstić information content (AvgIpc) is 1.69. The maximum atomic E-state index is 7.57. The van der Waals surface area contributed by atoms with Crippen LogP contribution in [0, 0.1) is 0 Å². The van der Waals surface area contributed by atoms with Crippen molar-refractivity contribution < 1.29 is 5.11 Å². The van der Waals surface area contributed by atoms with Crippen LogP contribution in [0.5, 0.6) is 0 Å². The molecule has 2 nitrogen and oxygen atoms in total. The molecule has 0 aliphatic rings. The van der Waals surface area contributed by atoms with Gasteiger partial charge in [0.1, 0.15) is 0 Å². The average molecular weight is 140 g/mol. The Morgan fingerprint density at radius 3 is 1.62 bits per heavy atom. The molecule has 0 aliphatic heterocycles. The van der Waals surface area contributed by atoms with Gasteiger partial charge in [0.25, 0.3) is 0 Å². The van der Waals surface area contributed by atoms with Crippen LogP contribution in [-0.2, 0) is 0 Å². The van der Waals surface area contributed by atoms with Crippen molar-refractivity contribution in [2.45, 2.75) is 6.92 Å². The first-order valence-corrected chi connectivity index (χ1v) is 3.04. The molecule has 0 aromatic heterocycles. The second-order valence-electron chi connectivity index (χ2n) is 1.52. The minimum atomic E-state index is 0.250. The van der Waals surface area contributed by atoms with Gasteiger partial charge in [-0.2, -0.15) is 0 Å². The third-order valence-electron chi connectivity index (χ3n) is 0.239. The fraction of sp³-hybridized carbons (Fsp3) is 1.00. The number of hydrogen-bond donors (Lipinski definition) is 1. The Labute approximate surface area is 56.1 Å². The Bertz CT molecular complexity index is 33.6. The van der Waals surface area contributed by atoms with Crippen molar-refractivity contribution >= 4 is 11.6 Å². The molecule has 0 saturated carbocycles. The van der Waals surface area contributed by atoms with Gasteiger partial charge in [0.2, 0.25) is 0 Å². The second kappa shape index (κ2) is 10.2. The van der Waals surface area contributed by atoms with Crippen LogP contribution in [-0.4, -0.2) is 36.7 Å². The van der Waals surface area contributed by atoms with Gasteiger partial charge in [-0.3, -0.25) is 4.90 Å². The molecule has 0 saturated heterocycles. The number of hydrogen-bond acceptors (Lipinski definition) is 2. The van der Waals surface area contributed by atoms with E-state index in [0.29, 0.717) is 6.00 Å². The molecule has 0 radical (unpaired) electrons. The first-order chi connectivity index (χ1) is 3.68. The van der Waals surface area contributed by atoms with Gasteiger partial charge in [-0.05, 0) is 21.0 Å². The zero-order valence-electron chi connectivity index (χ0n) is 5.69. The van der Waals surface area contributed by atoms with Crippen LogP contribution in [0.25, 0.3) is 0 Å². The molecule has 0 bridgehead atoms. The number of alkyl halides is 1. The van der Waals surface area contributed by atoms with Crippen LogP contribution in [0.3, 0.4) is 0 Å². The van der Waals surface area contributed by atoms with Gasteiger partial charge in [0, 0.05) is 6.61 Å². The van der Waals surface area contributed by atoms with Gasteiger partial charge in [0.05, 0.1) is 6.00 Å². The van der Waals surface area contributed by atoms with Crippen LogP contribution in [0.1, 0.15) is 6.92 Å². The quantitative estimate of drug-likeness (QED) is 0.428. The zero-order chi connectivity index (χ0) is 6.99. The van der Waals surface area contributed by atoms with Crippen molar-refractivity contribution in [1.29, 1.82) is 0 Å². The van der Waals surface area contributed by atoms with E-state index in [4.69, 9.17) is 16.7 Å². The topological polar surface area (TPSA) is 23.5 Å². The number of aliphatic hydroxyl groups is 1. The molecule has 0 heterocycles. The summed E-state index contributed by atoms with van der Waals surface area (Å²) in [6, 6.07) is 0.611. The Kier molecular flexibility index (Phi) is 14.2. The van der Waals surface area contributed by atoms with E-state index in [0.717, 1.165) is 0 Å². The van der Waals surface area contributed by atoms with Gasteiger partial charge < -0.3 is 5.11 Å². The van der Waals surface area contributed by atoms with Gasteiger partial charge in [0.15, 0.2) is 0 Å². The van der Waals surface area contributed by atoms with E-state index in [1.54, 1.807) is 6.92 Å². The maximum Gasteiger partial charge on any atom is 0.0733 e. The molecule has 0 aliphatic carbocycles. The van der Waals surface area contributed by atoms with Crippen LogP contribution in [0.2, 0.25) is 0 Å². The summed E-state index contributed by atoms with van der Waals surface area (Å²) in [7, 11) is 3.85.